The Kier molecular flexibility index (Phi) is 6.83. The van der Waals surface area contributed by atoms with E-state index in [1.165, 1.54) is 0 Å². The van der Waals surface area contributed by atoms with Gasteiger partial charge in [-0.15, -0.1) is 0 Å². The van der Waals surface area contributed by atoms with Crippen LogP contribution in [0.15, 0.2) is 79.0 Å². The molecular formula is C27H28N2O4. The van der Waals surface area contributed by atoms with Gasteiger partial charge in [-0.2, -0.15) is 0 Å². The highest BCUT2D eigenvalue weighted by Crippen LogP contribution is 2.35. The number of H-pyrrole nitrogens is 1. The second-order valence-electron chi connectivity index (χ2n) is 7.58. The third kappa shape index (κ3) is 4.65. The molecule has 0 saturated heterocycles. The number of benzene rings is 3. The van der Waals surface area contributed by atoms with Crippen LogP contribution < -0.4 is 14.2 Å². The monoisotopic (exact) mass is 444 g/mol. The van der Waals surface area contributed by atoms with Gasteiger partial charge in [-0.3, -0.25) is 4.79 Å². The van der Waals surface area contributed by atoms with Crippen molar-refractivity contribution < 1.29 is 19.0 Å². The number of hydrogen-bond acceptors (Lipinski definition) is 4. The fraction of sp³-hybridized carbons (Fsp3) is 0.222. The van der Waals surface area contributed by atoms with Crippen LogP contribution >= 0.6 is 0 Å². The largest absolute Gasteiger partial charge is 0.497 e. The fourth-order valence-corrected chi connectivity index (χ4v) is 4.10. The summed E-state index contributed by atoms with van der Waals surface area (Å²) in [5, 5.41) is 1.08. The first-order chi connectivity index (χ1) is 16.2. The van der Waals surface area contributed by atoms with E-state index >= 15 is 0 Å². The molecule has 0 aliphatic carbocycles. The molecule has 1 heterocycles. The Morgan fingerprint density at radius 3 is 2.30 bits per heavy atom. The summed E-state index contributed by atoms with van der Waals surface area (Å²) < 4.78 is 16.5. The lowest BCUT2D eigenvalue weighted by atomic mass is 9.96. The zero-order valence-corrected chi connectivity index (χ0v) is 19.1. The molecule has 0 fully saturated rings. The van der Waals surface area contributed by atoms with Crippen LogP contribution in [0.25, 0.3) is 10.9 Å². The highest BCUT2D eigenvalue weighted by Gasteiger charge is 2.28. The summed E-state index contributed by atoms with van der Waals surface area (Å²) in [6.07, 6.45) is 1.98. The number of aromatic amines is 1. The van der Waals surface area contributed by atoms with Crippen molar-refractivity contribution in [1.82, 2.24) is 9.88 Å². The van der Waals surface area contributed by atoms with Crippen molar-refractivity contribution in [3.05, 3.63) is 90.1 Å². The maximum atomic E-state index is 13.4. The topological polar surface area (TPSA) is 63.8 Å². The third-order valence-electron chi connectivity index (χ3n) is 5.74. The number of nitrogens with zero attached hydrogens (tertiary/aromatic N) is 1. The molecule has 0 aliphatic heterocycles. The van der Waals surface area contributed by atoms with Crippen molar-refractivity contribution in [2.24, 2.45) is 0 Å². The Morgan fingerprint density at radius 2 is 1.61 bits per heavy atom. The molecular weight excluding hydrogens is 416 g/mol. The normalized spacial score (nSPS) is 11.7. The molecule has 0 bridgehead atoms. The lowest BCUT2D eigenvalue weighted by Gasteiger charge is -2.31. The Balaban J connectivity index is 1.69. The number of nitrogens with one attached hydrogen (secondary N) is 1. The van der Waals surface area contributed by atoms with Gasteiger partial charge in [0, 0.05) is 29.2 Å². The highest BCUT2D eigenvalue weighted by atomic mass is 16.5. The predicted octanol–water partition coefficient (Wildman–Crippen LogP) is 5.20. The van der Waals surface area contributed by atoms with Crippen molar-refractivity contribution >= 4 is 16.8 Å². The van der Waals surface area contributed by atoms with Crippen molar-refractivity contribution in [1.29, 1.82) is 0 Å². The van der Waals surface area contributed by atoms with Crippen molar-refractivity contribution in [3.8, 4) is 17.2 Å². The van der Waals surface area contributed by atoms with Gasteiger partial charge in [0.25, 0.3) is 5.91 Å². The van der Waals surface area contributed by atoms with E-state index in [1.54, 1.807) is 20.3 Å². The highest BCUT2D eigenvalue weighted by molar-refractivity contribution is 5.86. The van der Waals surface area contributed by atoms with E-state index in [9.17, 15) is 4.79 Å². The van der Waals surface area contributed by atoms with E-state index in [-0.39, 0.29) is 18.6 Å². The first kappa shape index (κ1) is 22.3. The minimum Gasteiger partial charge on any atom is -0.497 e. The number of fused-ring (bicyclic) bond motifs is 1. The summed E-state index contributed by atoms with van der Waals surface area (Å²) in [6.45, 7) is 2.40. The summed E-state index contributed by atoms with van der Waals surface area (Å²) in [5.74, 6) is 1.79. The van der Waals surface area contributed by atoms with Gasteiger partial charge in [0.15, 0.2) is 18.1 Å². The van der Waals surface area contributed by atoms with E-state index in [0.29, 0.717) is 18.0 Å². The molecule has 6 nitrogen and oxygen atoms in total. The quantitative estimate of drug-likeness (QED) is 0.385. The van der Waals surface area contributed by atoms with Crippen molar-refractivity contribution in [3.63, 3.8) is 0 Å². The number of ether oxygens (including phenoxy) is 3. The van der Waals surface area contributed by atoms with Crippen LogP contribution in [0, 0.1) is 0 Å². The summed E-state index contributed by atoms with van der Waals surface area (Å²) in [7, 11) is 3.22. The number of para-hydroxylation sites is 3. The molecule has 1 amide bonds. The van der Waals surface area contributed by atoms with E-state index in [0.717, 1.165) is 27.8 Å². The molecule has 1 aromatic heterocycles. The number of methoxy groups -OCH3 is 2. The van der Waals surface area contributed by atoms with Crippen molar-refractivity contribution in [2.75, 3.05) is 27.4 Å². The number of rotatable bonds is 9. The van der Waals surface area contributed by atoms with E-state index in [1.807, 2.05) is 78.7 Å². The number of carbonyl (C=O) groups excluding carboxylic acids is 1. The average molecular weight is 445 g/mol. The minimum absolute atomic E-state index is 0.0940. The number of aromatic nitrogens is 1. The SMILES string of the molecule is CCN(C(=O)COc1ccccc1OC)[C@@H](c1ccc(OC)cc1)c1c[nH]c2ccccc12. The third-order valence-corrected chi connectivity index (χ3v) is 5.74. The van der Waals surface area contributed by atoms with Crippen LogP contribution in [0.5, 0.6) is 17.2 Å². The van der Waals surface area contributed by atoms with Gasteiger partial charge in [-0.05, 0) is 42.8 Å². The molecule has 33 heavy (non-hydrogen) atoms. The number of carbonyl (C=O) groups is 1. The predicted molar refractivity (Wildman–Crippen MR) is 129 cm³/mol. The molecule has 170 valence electrons. The van der Waals surface area contributed by atoms with Crippen LogP contribution in [-0.4, -0.2) is 43.2 Å². The molecule has 0 unspecified atom stereocenters. The van der Waals surface area contributed by atoms with Gasteiger partial charge in [0.05, 0.1) is 20.3 Å². The van der Waals surface area contributed by atoms with Gasteiger partial charge in [0.1, 0.15) is 5.75 Å². The van der Waals surface area contributed by atoms with Crippen molar-refractivity contribution in [2.45, 2.75) is 13.0 Å². The van der Waals surface area contributed by atoms with Crippen LogP contribution in [-0.2, 0) is 4.79 Å². The summed E-state index contributed by atoms with van der Waals surface area (Å²) >= 11 is 0. The van der Waals surface area contributed by atoms with Gasteiger partial charge in [-0.1, -0.05) is 42.5 Å². The first-order valence-electron chi connectivity index (χ1n) is 10.9. The average Bonchev–Trinajstić information content (AvgIpc) is 3.29. The van der Waals surface area contributed by atoms with E-state index in [4.69, 9.17) is 14.2 Å². The number of hydrogen-bond donors (Lipinski definition) is 1. The number of amides is 1. The van der Waals surface area contributed by atoms with Gasteiger partial charge in [-0.25, -0.2) is 0 Å². The van der Waals surface area contributed by atoms with E-state index in [2.05, 4.69) is 11.1 Å². The summed E-state index contributed by atoms with van der Waals surface area (Å²) in [5.41, 5.74) is 3.05. The Morgan fingerprint density at radius 1 is 0.909 bits per heavy atom. The molecule has 0 aliphatic rings. The lowest BCUT2D eigenvalue weighted by molar-refractivity contribution is -0.134. The molecule has 4 rings (SSSR count). The van der Waals surface area contributed by atoms with Gasteiger partial charge < -0.3 is 24.1 Å². The van der Waals surface area contributed by atoms with E-state index < -0.39 is 0 Å². The zero-order chi connectivity index (χ0) is 23.2. The smallest absolute Gasteiger partial charge is 0.261 e. The standard InChI is InChI=1S/C27H28N2O4/c1-4-29(26(30)18-33-25-12-8-7-11-24(25)32-3)27(19-13-15-20(31-2)16-14-19)22-17-28-23-10-6-5-9-21(22)23/h5-17,27-28H,4,18H2,1-3H3/t27-/m0/s1. The number of likely N-dealkylation sites (N-methyl/N-ethyl adjacent to an activating group) is 1. The summed E-state index contributed by atoms with van der Waals surface area (Å²) in [6, 6.07) is 23.0. The molecule has 4 aromatic rings. The zero-order valence-electron chi connectivity index (χ0n) is 19.1. The Hall–Kier alpha value is -3.93. The van der Waals surface area contributed by atoms with Gasteiger partial charge >= 0.3 is 0 Å². The molecule has 0 saturated carbocycles. The molecule has 0 spiro atoms. The Bertz CT molecular complexity index is 1220. The maximum Gasteiger partial charge on any atom is 0.261 e. The molecule has 0 radical (unpaired) electrons. The van der Waals surface area contributed by atoms with Gasteiger partial charge in [0.2, 0.25) is 0 Å². The van der Waals surface area contributed by atoms with Crippen LogP contribution in [0.3, 0.4) is 0 Å². The summed E-state index contributed by atoms with van der Waals surface area (Å²) in [4.78, 5) is 18.6. The van der Waals surface area contributed by atoms with Crippen LogP contribution in [0.2, 0.25) is 0 Å². The lowest BCUT2D eigenvalue weighted by Crippen LogP contribution is -2.38. The first-order valence-corrected chi connectivity index (χ1v) is 10.9. The van der Waals surface area contributed by atoms with Crippen LogP contribution in [0.1, 0.15) is 24.1 Å². The van der Waals surface area contributed by atoms with Crippen LogP contribution in [0.4, 0.5) is 0 Å². The molecule has 1 atom stereocenters. The molecule has 1 N–H and O–H groups in total. The second kappa shape index (κ2) is 10.1. The molecule has 3 aromatic carbocycles. The Labute approximate surface area is 193 Å². The second-order valence-corrected chi connectivity index (χ2v) is 7.58. The minimum atomic E-state index is -0.286. The fourth-order valence-electron chi connectivity index (χ4n) is 4.10. The molecule has 6 heteroatoms. The maximum absolute atomic E-state index is 13.4.